The third kappa shape index (κ3) is 1.32. The maximum Gasteiger partial charge on any atom is 0.245 e. The third-order valence-corrected chi connectivity index (χ3v) is 2.93. The van der Waals surface area contributed by atoms with E-state index in [1.807, 2.05) is 19.1 Å². The molecule has 7 nitrogen and oxygen atoms in total. The summed E-state index contributed by atoms with van der Waals surface area (Å²) >= 11 is 0. The van der Waals surface area contributed by atoms with Crippen molar-refractivity contribution in [2.24, 2.45) is 5.73 Å². The smallest absolute Gasteiger partial charge is 0.245 e. The lowest BCUT2D eigenvalue weighted by molar-refractivity contribution is -0.116. The number of fused-ring (bicyclic) bond motifs is 1. The van der Waals surface area contributed by atoms with Gasteiger partial charge in [0.1, 0.15) is 12.4 Å². The Morgan fingerprint density at radius 3 is 3.00 bits per heavy atom. The zero-order valence-electron chi connectivity index (χ0n) is 9.08. The summed E-state index contributed by atoms with van der Waals surface area (Å²) in [5.74, 6) is -0.183. The van der Waals surface area contributed by atoms with E-state index >= 15 is 0 Å². The van der Waals surface area contributed by atoms with Gasteiger partial charge in [0.2, 0.25) is 5.91 Å². The second-order valence-electron chi connectivity index (χ2n) is 3.90. The molecule has 3 rings (SSSR count). The Balaban J connectivity index is 2.18. The number of carbonyl (C=O) groups is 1. The Labute approximate surface area is 96.6 Å². The quantitative estimate of drug-likeness (QED) is 0.714. The highest BCUT2D eigenvalue weighted by atomic mass is 16.2. The lowest BCUT2D eigenvalue weighted by Crippen LogP contribution is -2.19. The van der Waals surface area contributed by atoms with Gasteiger partial charge < -0.3 is 11.1 Å². The molecule has 2 aromatic rings. The van der Waals surface area contributed by atoms with Crippen molar-refractivity contribution < 1.29 is 4.79 Å². The average Bonchev–Trinajstić information content (AvgIpc) is 2.92. The molecule has 1 aromatic carbocycles. The minimum Gasteiger partial charge on any atom is -0.324 e. The van der Waals surface area contributed by atoms with E-state index in [-0.39, 0.29) is 5.91 Å². The fraction of sp³-hybridized carbons (Fsp3) is 0.200. The minimum atomic E-state index is -0.591. The topological polar surface area (TPSA) is 98.7 Å². The Morgan fingerprint density at radius 2 is 2.29 bits per heavy atom. The molecule has 0 saturated heterocycles. The van der Waals surface area contributed by atoms with Crippen molar-refractivity contribution in [3.8, 4) is 5.69 Å². The monoisotopic (exact) mass is 230 g/mol. The molecular formula is C10H10N6O. The van der Waals surface area contributed by atoms with Crippen LogP contribution in [-0.4, -0.2) is 26.1 Å². The normalized spacial score (nSPS) is 18.0. The Hall–Kier alpha value is -2.28. The van der Waals surface area contributed by atoms with Gasteiger partial charge in [-0.2, -0.15) is 0 Å². The second-order valence-corrected chi connectivity index (χ2v) is 3.90. The summed E-state index contributed by atoms with van der Waals surface area (Å²) in [6.45, 7) is 1.90. The molecule has 3 N–H and O–H groups in total. The molecular weight excluding hydrogens is 220 g/mol. The number of carbonyl (C=O) groups excluding carboxylic acids is 1. The van der Waals surface area contributed by atoms with Crippen molar-refractivity contribution in [3.63, 3.8) is 0 Å². The van der Waals surface area contributed by atoms with Crippen molar-refractivity contribution in [1.29, 1.82) is 0 Å². The summed E-state index contributed by atoms with van der Waals surface area (Å²) in [4.78, 5) is 11.5. The molecule has 1 unspecified atom stereocenters. The maximum atomic E-state index is 11.5. The van der Waals surface area contributed by atoms with E-state index < -0.39 is 6.04 Å². The van der Waals surface area contributed by atoms with E-state index in [0.717, 1.165) is 22.5 Å². The van der Waals surface area contributed by atoms with Gasteiger partial charge in [-0.25, -0.2) is 4.68 Å². The summed E-state index contributed by atoms with van der Waals surface area (Å²) in [5.41, 5.74) is 9.06. The first kappa shape index (κ1) is 9.91. The predicted octanol–water partition coefficient (Wildman–Crippen LogP) is -0.0774. The number of hydrogen-bond donors (Lipinski definition) is 2. The van der Waals surface area contributed by atoms with Gasteiger partial charge in [-0.15, -0.1) is 5.10 Å². The van der Waals surface area contributed by atoms with Crippen LogP contribution in [0.2, 0.25) is 0 Å². The molecule has 1 aromatic heterocycles. The molecule has 1 aliphatic rings. The van der Waals surface area contributed by atoms with Gasteiger partial charge in [-0.3, -0.25) is 4.79 Å². The van der Waals surface area contributed by atoms with Crippen molar-refractivity contribution >= 4 is 11.6 Å². The van der Waals surface area contributed by atoms with Crippen LogP contribution in [0.4, 0.5) is 5.69 Å². The van der Waals surface area contributed by atoms with Gasteiger partial charge in [0.25, 0.3) is 0 Å². The first-order chi connectivity index (χ1) is 8.18. The van der Waals surface area contributed by atoms with Crippen LogP contribution in [0.5, 0.6) is 0 Å². The van der Waals surface area contributed by atoms with Crippen LogP contribution in [0.1, 0.15) is 17.2 Å². The van der Waals surface area contributed by atoms with Crippen LogP contribution in [0, 0.1) is 6.92 Å². The van der Waals surface area contributed by atoms with Crippen molar-refractivity contribution in [2.45, 2.75) is 13.0 Å². The molecule has 0 aliphatic carbocycles. The van der Waals surface area contributed by atoms with Gasteiger partial charge in [-0.05, 0) is 29.0 Å². The molecule has 0 radical (unpaired) electrons. The second kappa shape index (κ2) is 3.36. The number of hydrogen-bond acceptors (Lipinski definition) is 5. The number of anilines is 1. The number of benzene rings is 1. The minimum absolute atomic E-state index is 0.183. The molecule has 2 heterocycles. The summed E-state index contributed by atoms with van der Waals surface area (Å²) in [6, 6.07) is 3.08. The zero-order chi connectivity index (χ0) is 12.0. The molecule has 1 atom stereocenters. The largest absolute Gasteiger partial charge is 0.324 e. The SMILES string of the molecule is Cc1c(-n2cnnn2)ccc2c1NC(=O)C2N. The van der Waals surface area contributed by atoms with Crippen molar-refractivity contribution in [3.05, 3.63) is 29.6 Å². The molecule has 17 heavy (non-hydrogen) atoms. The van der Waals surface area contributed by atoms with Crippen molar-refractivity contribution in [1.82, 2.24) is 20.2 Å². The highest BCUT2D eigenvalue weighted by Gasteiger charge is 2.29. The molecule has 1 amide bonds. The predicted molar refractivity (Wildman–Crippen MR) is 59.4 cm³/mol. The fourth-order valence-corrected chi connectivity index (χ4v) is 2.01. The lowest BCUT2D eigenvalue weighted by atomic mass is 10.0. The first-order valence-electron chi connectivity index (χ1n) is 5.12. The van der Waals surface area contributed by atoms with E-state index in [1.54, 1.807) is 4.68 Å². The van der Waals surface area contributed by atoms with Gasteiger partial charge in [0.05, 0.1) is 11.4 Å². The van der Waals surface area contributed by atoms with Crippen LogP contribution < -0.4 is 11.1 Å². The third-order valence-electron chi connectivity index (χ3n) is 2.93. The van der Waals surface area contributed by atoms with Crippen molar-refractivity contribution in [2.75, 3.05) is 5.32 Å². The number of nitrogens with zero attached hydrogens (tertiary/aromatic N) is 4. The zero-order valence-corrected chi connectivity index (χ0v) is 9.08. The summed E-state index contributed by atoms with van der Waals surface area (Å²) in [6.07, 6.45) is 1.51. The fourth-order valence-electron chi connectivity index (χ4n) is 2.01. The number of aromatic nitrogens is 4. The number of rotatable bonds is 1. The number of nitrogens with two attached hydrogens (primary N) is 1. The Bertz CT molecular complexity index is 591. The van der Waals surface area contributed by atoms with Gasteiger partial charge in [-0.1, -0.05) is 6.07 Å². The highest BCUT2D eigenvalue weighted by Crippen LogP contribution is 2.34. The Kier molecular flexibility index (Phi) is 1.96. The van der Waals surface area contributed by atoms with Gasteiger partial charge in [0.15, 0.2) is 0 Å². The van der Waals surface area contributed by atoms with Crippen LogP contribution in [0.25, 0.3) is 5.69 Å². The lowest BCUT2D eigenvalue weighted by Gasteiger charge is -2.09. The van der Waals surface area contributed by atoms with Crippen LogP contribution >= 0.6 is 0 Å². The van der Waals surface area contributed by atoms with Gasteiger partial charge >= 0.3 is 0 Å². The summed E-state index contributed by atoms with van der Waals surface area (Å²) in [7, 11) is 0. The molecule has 0 spiro atoms. The molecule has 0 fully saturated rings. The van der Waals surface area contributed by atoms with Gasteiger partial charge in [0, 0.05) is 5.56 Å². The van der Waals surface area contributed by atoms with E-state index in [2.05, 4.69) is 20.8 Å². The van der Waals surface area contributed by atoms with Crippen LogP contribution in [0.15, 0.2) is 18.5 Å². The van der Waals surface area contributed by atoms with E-state index in [4.69, 9.17) is 5.73 Å². The number of amides is 1. The molecule has 0 saturated carbocycles. The van der Waals surface area contributed by atoms with E-state index in [0.29, 0.717) is 0 Å². The Morgan fingerprint density at radius 1 is 1.47 bits per heavy atom. The number of tetrazole rings is 1. The molecule has 86 valence electrons. The molecule has 0 bridgehead atoms. The van der Waals surface area contributed by atoms with E-state index in [9.17, 15) is 4.79 Å². The summed E-state index contributed by atoms with van der Waals surface area (Å²) < 4.78 is 1.55. The van der Waals surface area contributed by atoms with Crippen LogP contribution in [-0.2, 0) is 4.79 Å². The summed E-state index contributed by atoms with van der Waals surface area (Å²) in [5, 5.41) is 13.8. The number of nitrogens with one attached hydrogen (secondary N) is 1. The first-order valence-corrected chi connectivity index (χ1v) is 5.12. The maximum absolute atomic E-state index is 11.5. The standard InChI is InChI=1S/C10H10N6O/c1-5-7(16-4-12-14-15-16)3-2-6-8(11)10(17)13-9(5)6/h2-4,8H,11H2,1H3,(H,13,17). The average molecular weight is 230 g/mol. The van der Waals surface area contributed by atoms with Crippen LogP contribution in [0.3, 0.4) is 0 Å². The molecule has 1 aliphatic heterocycles. The van der Waals surface area contributed by atoms with E-state index in [1.165, 1.54) is 6.33 Å². The molecule has 7 heteroatoms. The highest BCUT2D eigenvalue weighted by molar-refractivity contribution is 6.03.